The number of carbonyl (C=O) groups excluding carboxylic acids is 1. The first-order valence-electron chi connectivity index (χ1n) is 9.00. The number of benzene rings is 2. The number of rotatable bonds is 5. The van der Waals surface area contributed by atoms with Crippen molar-refractivity contribution in [2.75, 3.05) is 5.32 Å². The largest absolute Gasteiger partial charge is 0.349 e. The van der Waals surface area contributed by atoms with E-state index in [1.54, 1.807) is 0 Å². The quantitative estimate of drug-likeness (QED) is 0.572. The van der Waals surface area contributed by atoms with Gasteiger partial charge < -0.3 is 10.3 Å². The van der Waals surface area contributed by atoms with Gasteiger partial charge in [0.25, 0.3) is 5.56 Å². The number of fused-ring (bicyclic) bond motifs is 3. The van der Waals surface area contributed by atoms with Crippen LogP contribution in [0.25, 0.3) is 21.9 Å². The third-order valence-electron chi connectivity index (χ3n) is 4.71. The molecular weight excluding hydrogens is 340 g/mol. The number of hydrogen-bond acceptors (Lipinski definition) is 3. The van der Waals surface area contributed by atoms with Crippen molar-refractivity contribution in [1.82, 2.24) is 14.5 Å². The molecule has 27 heavy (non-hydrogen) atoms. The molecule has 0 aliphatic rings. The molecule has 0 atom stereocenters. The summed E-state index contributed by atoms with van der Waals surface area (Å²) in [5.74, 6) is -0.136. The summed E-state index contributed by atoms with van der Waals surface area (Å²) in [4.78, 5) is 32.4. The molecule has 1 amide bonds. The van der Waals surface area contributed by atoms with Crippen LogP contribution in [0.1, 0.15) is 18.9 Å². The van der Waals surface area contributed by atoms with E-state index in [2.05, 4.69) is 22.2 Å². The number of aromatic amines is 1. The Bertz CT molecular complexity index is 1170. The molecule has 0 fully saturated rings. The molecule has 0 saturated heterocycles. The van der Waals surface area contributed by atoms with Gasteiger partial charge in [-0.15, -0.1) is 0 Å². The molecule has 0 saturated carbocycles. The third kappa shape index (κ3) is 3.33. The number of H-pyrrole nitrogens is 1. The fourth-order valence-electron chi connectivity index (χ4n) is 3.17. The topological polar surface area (TPSA) is 79.8 Å². The van der Waals surface area contributed by atoms with Crippen LogP contribution >= 0.6 is 0 Å². The number of aryl methyl sites for hydroxylation is 2. The Kier molecular flexibility index (Phi) is 4.46. The van der Waals surface area contributed by atoms with Crippen LogP contribution in [0.15, 0.2) is 59.7 Å². The first kappa shape index (κ1) is 17.0. The number of para-hydroxylation sites is 1. The highest BCUT2D eigenvalue weighted by Gasteiger charge is 2.11. The molecule has 6 heteroatoms. The zero-order chi connectivity index (χ0) is 18.8. The molecule has 4 rings (SSSR count). The standard InChI is InChI=1S/C21H20N4O2/c1-2-14-7-9-15(10-8-14)23-18(26)11-12-25-13-22-19-16-5-3-4-6-17(16)24-20(19)21(25)27/h3-10,13,24H,2,11-12H2,1H3,(H,23,26). The van der Waals surface area contributed by atoms with E-state index < -0.39 is 0 Å². The minimum Gasteiger partial charge on any atom is -0.349 e. The SMILES string of the molecule is CCc1ccc(NC(=O)CCn2cnc3c([nH]c4ccccc43)c2=O)cc1. The zero-order valence-corrected chi connectivity index (χ0v) is 15.0. The summed E-state index contributed by atoms with van der Waals surface area (Å²) in [6.07, 6.45) is 2.66. The lowest BCUT2D eigenvalue weighted by atomic mass is 10.1. The highest BCUT2D eigenvalue weighted by molar-refractivity contribution is 6.04. The fourth-order valence-corrected chi connectivity index (χ4v) is 3.17. The molecule has 0 unspecified atom stereocenters. The lowest BCUT2D eigenvalue weighted by molar-refractivity contribution is -0.116. The number of hydrogen-bond donors (Lipinski definition) is 2. The number of nitrogens with zero attached hydrogens (tertiary/aromatic N) is 2. The molecule has 4 aromatic rings. The number of amides is 1. The van der Waals surface area contributed by atoms with E-state index in [1.165, 1.54) is 16.5 Å². The second kappa shape index (κ2) is 7.07. The first-order chi connectivity index (χ1) is 13.2. The Morgan fingerprint density at radius 3 is 2.70 bits per heavy atom. The predicted octanol–water partition coefficient (Wildman–Crippen LogP) is 3.47. The van der Waals surface area contributed by atoms with E-state index in [9.17, 15) is 9.59 Å². The van der Waals surface area contributed by atoms with E-state index in [-0.39, 0.29) is 24.4 Å². The van der Waals surface area contributed by atoms with Gasteiger partial charge in [0.05, 0.1) is 6.33 Å². The Labute approximate surface area is 155 Å². The van der Waals surface area contributed by atoms with Crippen molar-refractivity contribution in [3.05, 3.63) is 70.8 Å². The van der Waals surface area contributed by atoms with Crippen LogP contribution in [0.3, 0.4) is 0 Å². The van der Waals surface area contributed by atoms with Gasteiger partial charge >= 0.3 is 0 Å². The Hall–Kier alpha value is -3.41. The van der Waals surface area contributed by atoms with Gasteiger partial charge in [0.1, 0.15) is 11.0 Å². The Balaban J connectivity index is 1.49. The lowest BCUT2D eigenvalue weighted by Gasteiger charge is -2.07. The van der Waals surface area contributed by atoms with Gasteiger partial charge in [0.15, 0.2) is 0 Å². The van der Waals surface area contributed by atoms with Crippen LogP contribution in [-0.2, 0) is 17.8 Å². The van der Waals surface area contributed by atoms with Crippen LogP contribution in [0.4, 0.5) is 5.69 Å². The maximum atomic E-state index is 12.7. The van der Waals surface area contributed by atoms with Crippen LogP contribution in [-0.4, -0.2) is 20.4 Å². The second-order valence-electron chi connectivity index (χ2n) is 6.49. The van der Waals surface area contributed by atoms with Crippen molar-refractivity contribution < 1.29 is 4.79 Å². The van der Waals surface area contributed by atoms with Crippen LogP contribution in [0.2, 0.25) is 0 Å². The Morgan fingerprint density at radius 1 is 1.15 bits per heavy atom. The average molecular weight is 360 g/mol. The van der Waals surface area contributed by atoms with E-state index in [0.717, 1.165) is 23.0 Å². The Morgan fingerprint density at radius 2 is 1.93 bits per heavy atom. The molecule has 6 nitrogen and oxygen atoms in total. The maximum Gasteiger partial charge on any atom is 0.277 e. The summed E-state index contributed by atoms with van der Waals surface area (Å²) < 4.78 is 1.47. The molecule has 2 aromatic heterocycles. The predicted molar refractivity (Wildman–Crippen MR) is 107 cm³/mol. The minimum absolute atomic E-state index is 0.136. The van der Waals surface area contributed by atoms with E-state index in [4.69, 9.17) is 0 Å². The van der Waals surface area contributed by atoms with Crippen molar-refractivity contribution in [3.63, 3.8) is 0 Å². The monoisotopic (exact) mass is 360 g/mol. The van der Waals surface area contributed by atoms with Crippen molar-refractivity contribution in [2.24, 2.45) is 0 Å². The second-order valence-corrected chi connectivity index (χ2v) is 6.49. The first-order valence-corrected chi connectivity index (χ1v) is 9.00. The summed E-state index contributed by atoms with van der Waals surface area (Å²) in [7, 11) is 0. The van der Waals surface area contributed by atoms with Crippen LogP contribution < -0.4 is 10.9 Å². The average Bonchev–Trinajstić information content (AvgIpc) is 3.08. The van der Waals surface area contributed by atoms with Crippen molar-refractivity contribution >= 4 is 33.5 Å². The zero-order valence-electron chi connectivity index (χ0n) is 15.0. The summed E-state index contributed by atoms with van der Waals surface area (Å²) in [6.45, 7) is 2.36. The van der Waals surface area contributed by atoms with Gasteiger partial charge in [0, 0.05) is 29.6 Å². The number of nitrogens with one attached hydrogen (secondary N) is 2. The third-order valence-corrected chi connectivity index (χ3v) is 4.71. The smallest absolute Gasteiger partial charge is 0.277 e. The fraction of sp³-hybridized carbons (Fsp3) is 0.190. The molecule has 136 valence electrons. The lowest BCUT2D eigenvalue weighted by Crippen LogP contribution is -2.23. The molecule has 0 aliphatic heterocycles. The summed E-state index contributed by atoms with van der Waals surface area (Å²) in [5.41, 5.74) is 3.81. The normalized spacial score (nSPS) is 11.1. The van der Waals surface area contributed by atoms with Gasteiger partial charge in [0.2, 0.25) is 5.91 Å². The van der Waals surface area contributed by atoms with Crippen LogP contribution in [0.5, 0.6) is 0 Å². The van der Waals surface area contributed by atoms with Gasteiger partial charge in [-0.3, -0.25) is 14.2 Å². The number of aromatic nitrogens is 3. The minimum atomic E-state index is -0.170. The molecule has 0 spiro atoms. The van der Waals surface area contributed by atoms with Gasteiger partial charge in [-0.25, -0.2) is 4.98 Å². The van der Waals surface area contributed by atoms with E-state index in [0.29, 0.717) is 11.0 Å². The summed E-state index contributed by atoms with van der Waals surface area (Å²) in [6, 6.07) is 15.4. The van der Waals surface area contributed by atoms with Gasteiger partial charge in [-0.1, -0.05) is 37.3 Å². The summed E-state index contributed by atoms with van der Waals surface area (Å²) >= 11 is 0. The van der Waals surface area contributed by atoms with Crippen molar-refractivity contribution in [3.8, 4) is 0 Å². The van der Waals surface area contributed by atoms with Gasteiger partial charge in [-0.05, 0) is 30.2 Å². The molecule has 0 radical (unpaired) electrons. The molecule has 2 aromatic carbocycles. The molecule has 0 bridgehead atoms. The molecule has 2 N–H and O–H groups in total. The van der Waals surface area contributed by atoms with Gasteiger partial charge in [-0.2, -0.15) is 0 Å². The number of anilines is 1. The highest BCUT2D eigenvalue weighted by atomic mass is 16.2. The summed E-state index contributed by atoms with van der Waals surface area (Å²) in [5, 5.41) is 3.78. The molecule has 2 heterocycles. The maximum absolute atomic E-state index is 12.7. The molecular formula is C21H20N4O2. The van der Waals surface area contributed by atoms with Crippen molar-refractivity contribution in [2.45, 2.75) is 26.3 Å². The number of carbonyl (C=O) groups is 1. The van der Waals surface area contributed by atoms with Crippen molar-refractivity contribution in [1.29, 1.82) is 0 Å². The van der Waals surface area contributed by atoms with Crippen LogP contribution in [0, 0.1) is 0 Å². The highest BCUT2D eigenvalue weighted by Crippen LogP contribution is 2.20. The van der Waals surface area contributed by atoms with E-state index >= 15 is 0 Å². The molecule has 0 aliphatic carbocycles. The van der Waals surface area contributed by atoms with E-state index in [1.807, 2.05) is 48.5 Å².